The van der Waals surface area contributed by atoms with E-state index in [1.807, 2.05) is 30.3 Å². The minimum absolute atomic E-state index is 0.325. The largest absolute Gasteiger partial charge is 0.480 e. The zero-order chi connectivity index (χ0) is 15.0. The van der Waals surface area contributed by atoms with Gasteiger partial charge in [0.2, 0.25) is 0 Å². The van der Waals surface area contributed by atoms with E-state index in [1.54, 1.807) is 12.2 Å². The average Bonchev–Trinajstić information content (AvgIpc) is 2.88. The summed E-state index contributed by atoms with van der Waals surface area (Å²) in [6.45, 7) is 0. The van der Waals surface area contributed by atoms with Crippen LogP contribution >= 0.6 is 11.6 Å². The van der Waals surface area contributed by atoms with E-state index >= 15 is 0 Å². The number of hydrogen-bond donors (Lipinski definition) is 2. The van der Waals surface area contributed by atoms with Crippen LogP contribution in [0, 0.1) is 5.92 Å². The van der Waals surface area contributed by atoms with Gasteiger partial charge in [0.25, 0.3) is 0 Å². The SMILES string of the molecule is O=S=C1C(Cl)=CC=C2NC(C(=O)O)C(c3ccccc3)C21. The summed E-state index contributed by atoms with van der Waals surface area (Å²) in [5.74, 6) is -1.62. The molecule has 2 aliphatic rings. The molecule has 1 aliphatic heterocycles. The van der Waals surface area contributed by atoms with Gasteiger partial charge in [0, 0.05) is 17.5 Å². The van der Waals surface area contributed by atoms with E-state index < -0.39 is 12.0 Å². The first-order valence-corrected chi connectivity index (χ1v) is 7.54. The Balaban J connectivity index is 2.14. The van der Waals surface area contributed by atoms with Gasteiger partial charge in [0.05, 0.1) is 21.2 Å². The maximum atomic E-state index is 11.6. The molecule has 3 atom stereocenters. The number of benzene rings is 1. The molecule has 0 radical (unpaired) electrons. The van der Waals surface area contributed by atoms with Gasteiger partial charge < -0.3 is 10.4 Å². The van der Waals surface area contributed by atoms with Crippen molar-refractivity contribution >= 4 is 33.7 Å². The van der Waals surface area contributed by atoms with Gasteiger partial charge in [-0.2, -0.15) is 0 Å². The molecule has 0 bridgehead atoms. The number of halogens is 1. The van der Waals surface area contributed by atoms with Gasteiger partial charge in [-0.25, -0.2) is 9.00 Å². The van der Waals surface area contributed by atoms with Crippen molar-refractivity contribution < 1.29 is 14.1 Å². The van der Waals surface area contributed by atoms with E-state index in [0.717, 1.165) is 11.3 Å². The van der Waals surface area contributed by atoms with Crippen LogP contribution in [0.3, 0.4) is 0 Å². The summed E-state index contributed by atoms with van der Waals surface area (Å²) in [7, 11) is 0. The van der Waals surface area contributed by atoms with Gasteiger partial charge in [-0.15, -0.1) is 0 Å². The highest BCUT2D eigenvalue weighted by Crippen LogP contribution is 2.42. The minimum atomic E-state index is -0.939. The highest BCUT2D eigenvalue weighted by atomic mass is 35.5. The Labute approximate surface area is 130 Å². The number of aliphatic carboxylic acids is 1. The van der Waals surface area contributed by atoms with Gasteiger partial charge in [0.15, 0.2) is 0 Å². The summed E-state index contributed by atoms with van der Waals surface area (Å²) >= 11 is 6.45. The molecule has 0 amide bonds. The second-order valence-corrected chi connectivity index (χ2v) is 5.97. The zero-order valence-electron chi connectivity index (χ0n) is 10.8. The molecule has 6 heteroatoms. The van der Waals surface area contributed by atoms with E-state index in [0.29, 0.717) is 21.2 Å². The monoisotopic (exact) mass is 321 g/mol. The summed E-state index contributed by atoms with van der Waals surface area (Å²) in [5.41, 5.74) is 1.61. The highest BCUT2D eigenvalue weighted by molar-refractivity contribution is 7.67. The van der Waals surface area contributed by atoms with Gasteiger partial charge >= 0.3 is 5.97 Å². The lowest BCUT2D eigenvalue weighted by atomic mass is 9.80. The minimum Gasteiger partial charge on any atom is -0.480 e. The summed E-state index contributed by atoms with van der Waals surface area (Å²) in [6, 6.07) is 8.58. The Morgan fingerprint density at radius 2 is 1.95 bits per heavy atom. The second-order valence-electron chi connectivity index (χ2n) is 4.96. The van der Waals surface area contributed by atoms with E-state index in [1.165, 1.54) is 0 Å². The van der Waals surface area contributed by atoms with Gasteiger partial charge in [-0.1, -0.05) is 41.9 Å². The summed E-state index contributed by atoms with van der Waals surface area (Å²) in [4.78, 5) is 12.0. The molecule has 108 valence electrons. The number of rotatable bonds is 2. The van der Waals surface area contributed by atoms with Crippen molar-refractivity contribution in [3.63, 3.8) is 0 Å². The summed E-state index contributed by atoms with van der Waals surface area (Å²) in [5, 5.41) is 12.9. The molecule has 1 aromatic carbocycles. The Bertz CT molecular complexity index is 707. The van der Waals surface area contributed by atoms with Crippen molar-refractivity contribution in [3.8, 4) is 0 Å². The molecule has 1 aliphatic carbocycles. The smallest absolute Gasteiger partial charge is 0.326 e. The van der Waals surface area contributed by atoms with E-state index in [9.17, 15) is 14.1 Å². The molecule has 4 nitrogen and oxygen atoms in total. The zero-order valence-corrected chi connectivity index (χ0v) is 12.4. The fraction of sp³-hybridized carbons (Fsp3) is 0.200. The van der Waals surface area contributed by atoms with Crippen LogP contribution in [0.5, 0.6) is 0 Å². The van der Waals surface area contributed by atoms with Crippen LogP contribution in [0.1, 0.15) is 11.5 Å². The molecule has 1 saturated heterocycles. The number of fused-ring (bicyclic) bond motifs is 1. The predicted octanol–water partition coefficient (Wildman–Crippen LogP) is 1.85. The van der Waals surface area contributed by atoms with Crippen molar-refractivity contribution in [2.75, 3.05) is 0 Å². The van der Waals surface area contributed by atoms with E-state index in [-0.39, 0.29) is 11.8 Å². The third-order valence-corrected chi connectivity index (χ3v) is 4.94. The number of carboxylic acids is 1. The van der Waals surface area contributed by atoms with E-state index in [2.05, 4.69) is 5.32 Å². The lowest BCUT2D eigenvalue weighted by Crippen LogP contribution is -2.34. The van der Waals surface area contributed by atoms with Gasteiger partial charge in [0.1, 0.15) is 6.04 Å². The Hall–Kier alpha value is -1.85. The Kier molecular flexibility index (Phi) is 3.69. The van der Waals surface area contributed by atoms with Crippen LogP contribution in [0.4, 0.5) is 0 Å². The lowest BCUT2D eigenvalue weighted by molar-refractivity contribution is -0.139. The van der Waals surface area contributed by atoms with Crippen molar-refractivity contribution in [2.24, 2.45) is 5.92 Å². The summed E-state index contributed by atoms with van der Waals surface area (Å²) in [6.07, 6.45) is 3.39. The van der Waals surface area contributed by atoms with Crippen molar-refractivity contribution in [3.05, 3.63) is 58.8 Å². The molecule has 0 spiro atoms. The van der Waals surface area contributed by atoms with Crippen LogP contribution in [0.25, 0.3) is 0 Å². The normalized spacial score (nSPS) is 27.3. The maximum absolute atomic E-state index is 11.6. The predicted molar refractivity (Wildman–Crippen MR) is 82.4 cm³/mol. The van der Waals surface area contributed by atoms with Crippen molar-refractivity contribution in [1.29, 1.82) is 0 Å². The number of hydrogen-bond acceptors (Lipinski definition) is 3. The highest BCUT2D eigenvalue weighted by Gasteiger charge is 2.47. The quantitative estimate of drug-likeness (QED) is 0.816. The average molecular weight is 322 g/mol. The van der Waals surface area contributed by atoms with E-state index in [4.69, 9.17) is 11.6 Å². The number of carboxylic acid groups (broad SMARTS) is 1. The molecule has 1 fully saturated rings. The molecular formula is C15H12ClNO3S. The number of carbonyl (C=O) groups is 1. The Morgan fingerprint density at radius 3 is 2.57 bits per heavy atom. The molecule has 1 heterocycles. The third kappa shape index (κ3) is 2.32. The number of nitrogens with one attached hydrogen (secondary N) is 1. The van der Waals surface area contributed by atoms with Crippen LogP contribution < -0.4 is 5.32 Å². The van der Waals surface area contributed by atoms with Crippen LogP contribution in [-0.4, -0.2) is 26.2 Å². The third-order valence-electron chi connectivity index (χ3n) is 3.84. The van der Waals surface area contributed by atoms with Crippen LogP contribution in [-0.2, 0) is 16.1 Å². The summed E-state index contributed by atoms with van der Waals surface area (Å²) < 4.78 is 11.4. The maximum Gasteiger partial charge on any atom is 0.326 e. The van der Waals surface area contributed by atoms with Crippen LogP contribution in [0.15, 0.2) is 53.2 Å². The standard InChI is InChI=1S/C15H12ClNO3S/c16-9-6-7-10-12(14(9)21-20)11(13(17-10)15(18)19)8-4-2-1-3-5-8/h1-7,11-13,17H,(H,18,19). The first-order chi connectivity index (χ1) is 10.1. The van der Waals surface area contributed by atoms with Crippen molar-refractivity contribution in [1.82, 2.24) is 5.32 Å². The molecule has 3 rings (SSSR count). The molecule has 21 heavy (non-hydrogen) atoms. The second kappa shape index (κ2) is 5.50. The molecule has 0 aromatic heterocycles. The van der Waals surface area contributed by atoms with Gasteiger partial charge in [-0.05, 0) is 17.7 Å². The first kappa shape index (κ1) is 14.1. The van der Waals surface area contributed by atoms with Crippen LogP contribution in [0.2, 0.25) is 0 Å². The molecule has 0 saturated carbocycles. The lowest BCUT2D eigenvalue weighted by Gasteiger charge is -2.23. The topological polar surface area (TPSA) is 66.4 Å². The first-order valence-electron chi connectivity index (χ1n) is 6.42. The van der Waals surface area contributed by atoms with Gasteiger partial charge in [-0.3, -0.25) is 0 Å². The molecule has 2 N–H and O–H groups in total. The molecular weight excluding hydrogens is 310 g/mol. The van der Waals surface area contributed by atoms with Crippen molar-refractivity contribution in [2.45, 2.75) is 12.0 Å². The molecule has 1 aromatic rings. The fourth-order valence-electron chi connectivity index (χ4n) is 2.96. The fourth-order valence-corrected chi connectivity index (χ4v) is 3.76. The molecule has 3 unspecified atom stereocenters. The number of allylic oxidation sites excluding steroid dienone is 4. The Morgan fingerprint density at radius 1 is 1.24 bits per heavy atom.